The van der Waals surface area contributed by atoms with Gasteiger partial charge in [0, 0.05) is 24.6 Å². The van der Waals surface area contributed by atoms with Crippen LogP contribution in [-0.2, 0) is 30.5 Å². The molecule has 0 radical (unpaired) electrons. The number of nitrogens with one attached hydrogen (secondary N) is 3. The zero-order valence-corrected chi connectivity index (χ0v) is 24.3. The van der Waals surface area contributed by atoms with E-state index >= 15 is 0 Å². The molecule has 1 aromatic heterocycles. The molecule has 2 aromatic rings. The number of nitrogens with two attached hydrogens (primary N) is 1. The average Bonchev–Trinajstić information content (AvgIpc) is 3.48. The molecule has 1 aliphatic rings. The molecule has 2 atom stereocenters. The third-order valence-electron chi connectivity index (χ3n) is 7.39. The van der Waals surface area contributed by atoms with Gasteiger partial charge in [-0.25, -0.2) is 4.79 Å². The van der Waals surface area contributed by atoms with Crippen molar-refractivity contribution < 1.29 is 33.8 Å². The molecule has 1 heterocycles. The molecule has 12 heteroatoms. The van der Waals surface area contributed by atoms with Crippen LogP contribution in [0.5, 0.6) is 0 Å². The molecule has 0 aliphatic heterocycles. The summed E-state index contributed by atoms with van der Waals surface area (Å²) < 4.78 is 5.14. The quantitative estimate of drug-likeness (QED) is 0.0804. The van der Waals surface area contributed by atoms with Crippen molar-refractivity contribution in [2.45, 2.75) is 63.5 Å². The number of esters is 1. The summed E-state index contributed by atoms with van der Waals surface area (Å²) in [6, 6.07) is 6.77. The Morgan fingerprint density at radius 2 is 1.86 bits per heavy atom. The summed E-state index contributed by atoms with van der Waals surface area (Å²) in [6.45, 7) is 3.67. The van der Waals surface area contributed by atoms with Crippen molar-refractivity contribution in [3.05, 3.63) is 64.9 Å². The summed E-state index contributed by atoms with van der Waals surface area (Å²) in [5.74, 6) is -2.21. The highest BCUT2D eigenvalue weighted by molar-refractivity contribution is 7.08. The highest BCUT2D eigenvalue weighted by Gasteiger charge is 2.51. The molecule has 3 rings (SSSR count). The van der Waals surface area contributed by atoms with Crippen LogP contribution in [0.1, 0.15) is 62.0 Å². The summed E-state index contributed by atoms with van der Waals surface area (Å²) in [7, 11) is 0. The number of hydrogen-bond acceptors (Lipinski definition) is 8. The normalized spacial score (nSPS) is 14.9. The second kappa shape index (κ2) is 15.8. The fourth-order valence-electron chi connectivity index (χ4n) is 4.82. The van der Waals surface area contributed by atoms with Crippen molar-refractivity contribution >= 4 is 46.6 Å². The van der Waals surface area contributed by atoms with Crippen molar-refractivity contribution in [1.82, 2.24) is 10.6 Å². The summed E-state index contributed by atoms with van der Waals surface area (Å²) in [6.07, 6.45) is 3.33. The molecule has 6 N–H and O–H groups in total. The molecule has 1 aromatic carbocycles. The zero-order valence-electron chi connectivity index (χ0n) is 23.4. The number of ketones is 1. The number of aliphatic hydroxyl groups is 1. The van der Waals surface area contributed by atoms with Crippen LogP contribution < -0.4 is 21.7 Å². The standard InChI is InChI=1S/C30H38N4O7S/c1-2-14-41-26(37)17-22(21-10-15-42-19-21)16-25(36)30(11-4-12-30)28(39)34-24(5-3-13-32-29(31)40)27(38)33-23-8-6-20(18-35)7-9-23/h2,6-10,15,19,22,24,35H,1,3-5,11-14,16-18H2,(H,33,38)(H,34,39)(H3,31,32,40)/t22-,24-/m0/s1. The van der Waals surface area contributed by atoms with E-state index in [0.717, 1.165) is 5.56 Å². The Bertz CT molecular complexity index is 1240. The van der Waals surface area contributed by atoms with Crippen LogP contribution in [0, 0.1) is 5.41 Å². The maximum absolute atomic E-state index is 13.7. The third kappa shape index (κ3) is 8.98. The summed E-state index contributed by atoms with van der Waals surface area (Å²) in [5.41, 5.74) is 5.81. The minimum Gasteiger partial charge on any atom is -0.461 e. The van der Waals surface area contributed by atoms with Crippen LogP contribution in [0.15, 0.2) is 53.7 Å². The van der Waals surface area contributed by atoms with Crippen molar-refractivity contribution in [3.8, 4) is 0 Å². The molecule has 1 saturated carbocycles. The van der Waals surface area contributed by atoms with Crippen molar-refractivity contribution in [3.63, 3.8) is 0 Å². The minimum atomic E-state index is -1.30. The van der Waals surface area contributed by atoms with Crippen LogP contribution in [0.4, 0.5) is 10.5 Å². The Morgan fingerprint density at radius 1 is 1.12 bits per heavy atom. The topological polar surface area (TPSA) is 177 Å². The molecule has 1 aliphatic carbocycles. The van der Waals surface area contributed by atoms with Crippen LogP contribution >= 0.6 is 11.3 Å². The number of amides is 4. The predicted molar refractivity (Wildman–Crippen MR) is 158 cm³/mol. The highest BCUT2D eigenvalue weighted by Crippen LogP contribution is 2.45. The first-order valence-electron chi connectivity index (χ1n) is 13.9. The number of primary amides is 1. The second-order valence-corrected chi connectivity index (χ2v) is 11.1. The summed E-state index contributed by atoms with van der Waals surface area (Å²) in [4.78, 5) is 64.1. The van der Waals surface area contributed by atoms with Gasteiger partial charge in [-0.1, -0.05) is 31.2 Å². The predicted octanol–water partition coefficient (Wildman–Crippen LogP) is 3.14. The SMILES string of the molecule is C=CCOC(=O)C[C@H](CC(=O)C1(C(=O)N[C@@H](CCCNC(N)=O)C(=O)Nc2ccc(CO)cc2)CCC1)c1ccsc1. The average molecular weight is 599 g/mol. The monoisotopic (exact) mass is 598 g/mol. The van der Waals surface area contributed by atoms with Gasteiger partial charge in [0.1, 0.15) is 23.8 Å². The first kappa shape index (κ1) is 32.5. The first-order chi connectivity index (χ1) is 20.2. The number of carbonyl (C=O) groups excluding carboxylic acids is 5. The molecule has 11 nitrogen and oxygen atoms in total. The van der Waals surface area contributed by atoms with Crippen LogP contribution in [0.2, 0.25) is 0 Å². The molecule has 0 bridgehead atoms. The molecule has 226 valence electrons. The molecular formula is C30H38N4O7S. The molecule has 0 saturated heterocycles. The minimum absolute atomic E-state index is 0.0129. The number of carbonyl (C=O) groups is 5. The van der Waals surface area contributed by atoms with Gasteiger partial charge in [-0.05, 0) is 65.8 Å². The Balaban J connectivity index is 1.73. The lowest BCUT2D eigenvalue weighted by molar-refractivity contribution is -0.150. The van der Waals surface area contributed by atoms with E-state index in [2.05, 4.69) is 22.5 Å². The Hall–Kier alpha value is -4.03. The lowest BCUT2D eigenvalue weighted by Crippen LogP contribution is -2.56. The number of benzene rings is 1. The van der Waals surface area contributed by atoms with E-state index in [9.17, 15) is 29.1 Å². The fourth-order valence-corrected chi connectivity index (χ4v) is 5.56. The van der Waals surface area contributed by atoms with E-state index in [1.165, 1.54) is 17.4 Å². The largest absolute Gasteiger partial charge is 0.461 e. The molecular weight excluding hydrogens is 560 g/mol. The first-order valence-corrected chi connectivity index (χ1v) is 14.8. The van der Waals surface area contributed by atoms with Crippen molar-refractivity contribution in [2.75, 3.05) is 18.5 Å². The molecule has 1 fully saturated rings. The molecule has 42 heavy (non-hydrogen) atoms. The van der Waals surface area contributed by atoms with Crippen LogP contribution in [0.3, 0.4) is 0 Å². The third-order valence-corrected chi connectivity index (χ3v) is 8.09. The lowest BCUT2D eigenvalue weighted by Gasteiger charge is -2.40. The maximum atomic E-state index is 13.7. The summed E-state index contributed by atoms with van der Waals surface area (Å²) in [5, 5.41) is 21.0. The van der Waals surface area contributed by atoms with E-state index in [1.807, 2.05) is 16.8 Å². The van der Waals surface area contributed by atoms with Gasteiger partial charge in [0.2, 0.25) is 11.8 Å². The van der Waals surface area contributed by atoms with Gasteiger partial charge < -0.3 is 31.5 Å². The van der Waals surface area contributed by atoms with Gasteiger partial charge in [-0.2, -0.15) is 11.3 Å². The van der Waals surface area contributed by atoms with E-state index < -0.39 is 41.2 Å². The second-order valence-electron chi connectivity index (χ2n) is 10.3. The van der Waals surface area contributed by atoms with Gasteiger partial charge in [0.05, 0.1) is 13.0 Å². The molecule has 0 spiro atoms. The molecule has 4 amide bonds. The number of Topliss-reactive ketones (excluding diaryl/α,β-unsaturated/α-hetero) is 1. The van der Waals surface area contributed by atoms with Gasteiger partial charge in [-0.3, -0.25) is 19.2 Å². The van der Waals surface area contributed by atoms with Gasteiger partial charge in [0.15, 0.2) is 0 Å². The van der Waals surface area contributed by atoms with E-state index in [4.69, 9.17) is 10.5 Å². The Morgan fingerprint density at radius 3 is 2.43 bits per heavy atom. The highest BCUT2D eigenvalue weighted by atomic mass is 32.1. The number of urea groups is 1. The smallest absolute Gasteiger partial charge is 0.312 e. The van der Waals surface area contributed by atoms with Crippen molar-refractivity contribution in [1.29, 1.82) is 0 Å². The summed E-state index contributed by atoms with van der Waals surface area (Å²) >= 11 is 1.45. The maximum Gasteiger partial charge on any atom is 0.312 e. The Labute approximate surface area is 248 Å². The van der Waals surface area contributed by atoms with Crippen LogP contribution in [-0.4, -0.2) is 53.9 Å². The van der Waals surface area contributed by atoms with Gasteiger partial charge >= 0.3 is 12.0 Å². The number of ether oxygens (including phenoxy) is 1. The fraction of sp³-hybridized carbons (Fsp3) is 0.433. The number of aliphatic hydroxyl groups excluding tert-OH is 1. The number of anilines is 1. The Kier molecular flexibility index (Phi) is 12.2. The lowest BCUT2D eigenvalue weighted by atomic mass is 9.63. The van der Waals surface area contributed by atoms with E-state index in [1.54, 1.807) is 24.3 Å². The number of rotatable bonds is 17. The van der Waals surface area contributed by atoms with E-state index in [0.29, 0.717) is 36.9 Å². The van der Waals surface area contributed by atoms with Crippen LogP contribution in [0.25, 0.3) is 0 Å². The number of thiophene rings is 1. The van der Waals surface area contributed by atoms with Crippen molar-refractivity contribution in [2.24, 2.45) is 11.1 Å². The van der Waals surface area contributed by atoms with Gasteiger partial charge in [0.25, 0.3) is 0 Å². The number of hydrogen-bond donors (Lipinski definition) is 5. The van der Waals surface area contributed by atoms with E-state index in [-0.39, 0.29) is 44.8 Å². The van der Waals surface area contributed by atoms with Gasteiger partial charge in [-0.15, -0.1) is 0 Å². The zero-order chi connectivity index (χ0) is 30.5. The molecule has 0 unspecified atom stereocenters.